The van der Waals surface area contributed by atoms with Gasteiger partial charge in [-0.15, -0.1) is 6.42 Å². The van der Waals surface area contributed by atoms with Gasteiger partial charge in [0, 0.05) is 13.1 Å². The van der Waals surface area contributed by atoms with Crippen LogP contribution < -0.4 is 0 Å². The SMILES string of the molecule is C#CCN1CC(C2CCCC2)CN(CC#N)C1. The van der Waals surface area contributed by atoms with Crippen molar-refractivity contribution in [2.24, 2.45) is 11.8 Å². The first-order chi connectivity index (χ1) is 8.33. The smallest absolute Gasteiger partial charge is 0.0876 e. The van der Waals surface area contributed by atoms with Crippen molar-refractivity contribution in [3.63, 3.8) is 0 Å². The van der Waals surface area contributed by atoms with Gasteiger partial charge in [-0.25, -0.2) is 0 Å². The highest BCUT2D eigenvalue weighted by Gasteiger charge is 2.31. The quantitative estimate of drug-likeness (QED) is 0.545. The van der Waals surface area contributed by atoms with E-state index in [-0.39, 0.29) is 0 Å². The summed E-state index contributed by atoms with van der Waals surface area (Å²) >= 11 is 0. The zero-order valence-corrected chi connectivity index (χ0v) is 10.4. The number of terminal acetylenes is 1. The van der Waals surface area contributed by atoms with E-state index in [4.69, 9.17) is 11.7 Å². The van der Waals surface area contributed by atoms with Crippen LogP contribution in [0.1, 0.15) is 25.7 Å². The lowest BCUT2D eigenvalue weighted by atomic mass is 9.88. The van der Waals surface area contributed by atoms with Gasteiger partial charge in [-0.1, -0.05) is 31.6 Å². The van der Waals surface area contributed by atoms with Crippen LogP contribution in [0.5, 0.6) is 0 Å². The third-order valence-electron chi connectivity index (χ3n) is 4.06. The molecule has 2 fully saturated rings. The summed E-state index contributed by atoms with van der Waals surface area (Å²) in [6.45, 7) is 4.31. The van der Waals surface area contributed by atoms with Gasteiger partial charge in [-0.2, -0.15) is 5.26 Å². The summed E-state index contributed by atoms with van der Waals surface area (Å²) in [7, 11) is 0. The van der Waals surface area contributed by atoms with E-state index in [1.54, 1.807) is 0 Å². The van der Waals surface area contributed by atoms with Crippen molar-refractivity contribution in [2.75, 3.05) is 32.8 Å². The molecule has 3 nitrogen and oxygen atoms in total. The van der Waals surface area contributed by atoms with Crippen molar-refractivity contribution >= 4 is 0 Å². The van der Waals surface area contributed by atoms with Gasteiger partial charge in [0.05, 0.1) is 25.8 Å². The van der Waals surface area contributed by atoms with Gasteiger partial charge in [0.2, 0.25) is 0 Å². The normalized spacial score (nSPS) is 27.8. The fourth-order valence-corrected chi connectivity index (χ4v) is 3.30. The summed E-state index contributed by atoms with van der Waals surface area (Å²) in [5.74, 6) is 4.30. The molecule has 0 radical (unpaired) electrons. The topological polar surface area (TPSA) is 30.3 Å². The molecule has 0 N–H and O–H groups in total. The summed E-state index contributed by atoms with van der Waals surface area (Å²) < 4.78 is 0. The molecule has 0 aromatic heterocycles. The van der Waals surface area contributed by atoms with Gasteiger partial charge >= 0.3 is 0 Å². The maximum atomic E-state index is 8.84. The van der Waals surface area contributed by atoms with Crippen molar-refractivity contribution < 1.29 is 0 Å². The molecule has 1 saturated heterocycles. The molecule has 17 heavy (non-hydrogen) atoms. The second-order valence-electron chi connectivity index (χ2n) is 5.33. The Kier molecular flexibility index (Phi) is 4.42. The Bertz CT molecular complexity index is 295. The van der Waals surface area contributed by atoms with E-state index in [0.29, 0.717) is 19.0 Å². The summed E-state index contributed by atoms with van der Waals surface area (Å²) in [5, 5.41) is 8.84. The van der Waals surface area contributed by atoms with Crippen LogP contribution in [0.2, 0.25) is 0 Å². The third-order valence-corrected chi connectivity index (χ3v) is 4.06. The van der Waals surface area contributed by atoms with E-state index >= 15 is 0 Å². The largest absolute Gasteiger partial charge is 0.279 e. The first kappa shape index (κ1) is 12.4. The minimum Gasteiger partial charge on any atom is -0.279 e. The molecular weight excluding hydrogens is 210 g/mol. The molecule has 1 aliphatic carbocycles. The molecule has 0 amide bonds. The van der Waals surface area contributed by atoms with Crippen molar-refractivity contribution in [1.29, 1.82) is 5.26 Å². The monoisotopic (exact) mass is 231 g/mol. The molecule has 2 aliphatic rings. The molecule has 1 unspecified atom stereocenters. The Balaban J connectivity index is 1.95. The van der Waals surface area contributed by atoms with Crippen LogP contribution in [0.4, 0.5) is 0 Å². The van der Waals surface area contributed by atoms with Gasteiger partial charge in [0.25, 0.3) is 0 Å². The zero-order valence-electron chi connectivity index (χ0n) is 10.4. The Morgan fingerprint density at radius 3 is 2.29 bits per heavy atom. The lowest BCUT2D eigenvalue weighted by Crippen LogP contribution is -2.51. The van der Waals surface area contributed by atoms with E-state index in [1.165, 1.54) is 25.7 Å². The van der Waals surface area contributed by atoms with Gasteiger partial charge in [0.1, 0.15) is 0 Å². The number of nitrogens with zero attached hydrogens (tertiary/aromatic N) is 3. The van der Waals surface area contributed by atoms with Crippen LogP contribution in [0.15, 0.2) is 0 Å². The van der Waals surface area contributed by atoms with Crippen molar-refractivity contribution in [3.8, 4) is 18.4 Å². The van der Waals surface area contributed by atoms with E-state index in [9.17, 15) is 0 Å². The Morgan fingerprint density at radius 1 is 1.06 bits per heavy atom. The van der Waals surface area contributed by atoms with Gasteiger partial charge < -0.3 is 0 Å². The molecule has 2 rings (SSSR count). The third kappa shape index (κ3) is 3.22. The molecule has 1 atom stereocenters. The number of hydrogen-bond acceptors (Lipinski definition) is 3. The van der Waals surface area contributed by atoms with Crippen LogP contribution in [-0.2, 0) is 0 Å². The van der Waals surface area contributed by atoms with E-state index < -0.39 is 0 Å². The van der Waals surface area contributed by atoms with Crippen LogP contribution in [-0.4, -0.2) is 42.6 Å². The lowest BCUT2D eigenvalue weighted by molar-refractivity contribution is 0.0437. The summed E-state index contributed by atoms with van der Waals surface area (Å²) in [6.07, 6.45) is 10.9. The Hall–Kier alpha value is -1.03. The maximum absolute atomic E-state index is 8.84. The molecule has 0 bridgehead atoms. The lowest BCUT2D eigenvalue weighted by Gasteiger charge is -2.40. The number of hydrogen-bond donors (Lipinski definition) is 0. The van der Waals surface area contributed by atoms with Crippen molar-refractivity contribution in [1.82, 2.24) is 9.80 Å². The second-order valence-corrected chi connectivity index (χ2v) is 5.33. The fraction of sp³-hybridized carbons (Fsp3) is 0.786. The average molecular weight is 231 g/mol. The standard InChI is InChI=1S/C14H21N3/c1-2-8-16-10-14(13-5-3-4-6-13)11-17(12-16)9-7-15/h1,13-14H,3-6,8-12H2. The highest BCUT2D eigenvalue weighted by atomic mass is 15.3. The molecule has 92 valence electrons. The van der Waals surface area contributed by atoms with Crippen LogP contribution >= 0.6 is 0 Å². The summed E-state index contributed by atoms with van der Waals surface area (Å²) in [4.78, 5) is 4.55. The molecule has 1 saturated carbocycles. The average Bonchev–Trinajstić information content (AvgIpc) is 2.83. The molecular formula is C14H21N3. The van der Waals surface area contributed by atoms with Crippen molar-refractivity contribution in [2.45, 2.75) is 25.7 Å². The van der Waals surface area contributed by atoms with E-state index in [0.717, 1.165) is 25.7 Å². The fourth-order valence-electron chi connectivity index (χ4n) is 3.30. The van der Waals surface area contributed by atoms with Crippen LogP contribution in [0.3, 0.4) is 0 Å². The molecule has 1 aliphatic heterocycles. The van der Waals surface area contributed by atoms with Crippen LogP contribution in [0.25, 0.3) is 0 Å². The number of nitriles is 1. The Morgan fingerprint density at radius 2 is 1.71 bits per heavy atom. The maximum Gasteiger partial charge on any atom is 0.0876 e. The minimum absolute atomic E-state index is 0.532. The van der Waals surface area contributed by atoms with E-state index in [2.05, 4.69) is 21.8 Å². The van der Waals surface area contributed by atoms with Gasteiger partial charge in [-0.05, 0) is 11.8 Å². The van der Waals surface area contributed by atoms with Crippen LogP contribution in [0, 0.1) is 35.5 Å². The predicted molar refractivity (Wildman–Crippen MR) is 67.9 cm³/mol. The first-order valence-electron chi connectivity index (χ1n) is 6.58. The molecule has 3 heteroatoms. The first-order valence-corrected chi connectivity index (χ1v) is 6.58. The molecule has 0 spiro atoms. The summed E-state index contributed by atoms with van der Waals surface area (Å²) in [6, 6.07) is 2.26. The molecule has 0 aromatic carbocycles. The highest BCUT2D eigenvalue weighted by molar-refractivity contribution is 4.93. The van der Waals surface area contributed by atoms with Crippen molar-refractivity contribution in [3.05, 3.63) is 0 Å². The molecule has 0 aromatic rings. The zero-order chi connectivity index (χ0) is 12.1. The highest BCUT2D eigenvalue weighted by Crippen LogP contribution is 2.33. The number of rotatable bonds is 3. The van der Waals surface area contributed by atoms with E-state index in [1.807, 2.05) is 0 Å². The predicted octanol–water partition coefficient (Wildman–Crippen LogP) is 1.52. The molecule has 1 heterocycles. The minimum atomic E-state index is 0.532. The second kappa shape index (κ2) is 6.05. The van der Waals surface area contributed by atoms with Gasteiger partial charge in [-0.3, -0.25) is 9.80 Å². The Labute approximate surface area is 104 Å². The summed E-state index contributed by atoms with van der Waals surface area (Å²) in [5.41, 5.74) is 0. The van der Waals surface area contributed by atoms with Gasteiger partial charge in [0.15, 0.2) is 0 Å².